The lowest BCUT2D eigenvalue weighted by atomic mass is 9.96. The lowest BCUT2D eigenvalue weighted by Crippen LogP contribution is -2.33. The monoisotopic (exact) mass is 262 g/mol. The molecule has 1 aliphatic heterocycles. The fourth-order valence-electron chi connectivity index (χ4n) is 3.06. The average Bonchev–Trinajstić information content (AvgIpc) is 2.53. The molecule has 0 amide bonds. The Morgan fingerprint density at radius 3 is 2.60 bits per heavy atom. The third-order valence-corrected chi connectivity index (χ3v) is 3.99. The second-order valence-electron chi connectivity index (χ2n) is 5.21. The fraction of sp³-hybridized carbons (Fsp3) is 0.278. The molecule has 0 aliphatic carbocycles. The van der Waals surface area contributed by atoms with Gasteiger partial charge in [0.2, 0.25) is 0 Å². The minimum absolute atomic E-state index is 0.155. The zero-order chi connectivity index (χ0) is 13.8. The van der Waals surface area contributed by atoms with E-state index in [0.29, 0.717) is 6.42 Å². The molecule has 2 heteroatoms. The summed E-state index contributed by atoms with van der Waals surface area (Å²) in [5, 5.41) is 9.20. The van der Waals surface area contributed by atoms with Crippen LogP contribution in [0.4, 0.5) is 5.69 Å². The average molecular weight is 262 g/mol. The molecule has 2 aromatic rings. The van der Waals surface area contributed by atoms with Gasteiger partial charge >= 0.3 is 0 Å². The molecule has 1 aliphatic rings. The van der Waals surface area contributed by atoms with Gasteiger partial charge in [0.05, 0.1) is 18.5 Å². The van der Waals surface area contributed by atoms with Gasteiger partial charge in [-0.3, -0.25) is 0 Å². The summed E-state index contributed by atoms with van der Waals surface area (Å²) in [6, 6.07) is 21.5. The van der Waals surface area contributed by atoms with Crippen LogP contribution in [-0.2, 0) is 6.42 Å². The molecular formula is C18H18N2. The Labute approximate surface area is 120 Å². The van der Waals surface area contributed by atoms with Crippen LogP contribution in [0.15, 0.2) is 54.6 Å². The highest BCUT2D eigenvalue weighted by atomic mass is 15.2. The molecule has 0 aromatic heterocycles. The van der Waals surface area contributed by atoms with E-state index in [4.69, 9.17) is 0 Å². The standard InChI is InChI=1S/C18H18N2/c19-13-12-18(15-7-2-1-3-8-15)20-14-6-10-16-9-4-5-11-17(16)20/h1-5,7-9,11,18H,6,10,12,14H2. The van der Waals surface area contributed by atoms with Gasteiger partial charge in [-0.1, -0.05) is 48.5 Å². The van der Waals surface area contributed by atoms with Crippen molar-refractivity contribution in [3.8, 4) is 6.07 Å². The number of nitrogens with zero attached hydrogens (tertiary/aromatic N) is 2. The van der Waals surface area contributed by atoms with Crippen molar-refractivity contribution < 1.29 is 0 Å². The van der Waals surface area contributed by atoms with Crippen LogP contribution in [0.25, 0.3) is 0 Å². The van der Waals surface area contributed by atoms with Crippen LogP contribution in [0.3, 0.4) is 0 Å². The van der Waals surface area contributed by atoms with Crippen LogP contribution >= 0.6 is 0 Å². The first kappa shape index (κ1) is 12.7. The normalized spacial score (nSPS) is 15.2. The van der Waals surface area contributed by atoms with Gasteiger partial charge in [0.15, 0.2) is 0 Å². The van der Waals surface area contributed by atoms with E-state index in [1.807, 2.05) is 6.07 Å². The van der Waals surface area contributed by atoms with Crippen molar-refractivity contribution in [3.05, 3.63) is 65.7 Å². The lowest BCUT2D eigenvalue weighted by molar-refractivity contribution is 0.589. The first-order valence-corrected chi connectivity index (χ1v) is 7.16. The van der Waals surface area contributed by atoms with Crippen LogP contribution in [0.2, 0.25) is 0 Å². The number of para-hydroxylation sites is 1. The number of fused-ring (bicyclic) bond motifs is 1. The minimum Gasteiger partial charge on any atom is -0.363 e. The number of hydrogen-bond acceptors (Lipinski definition) is 2. The number of rotatable bonds is 3. The summed E-state index contributed by atoms with van der Waals surface area (Å²) in [5.74, 6) is 0. The van der Waals surface area contributed by atoms with Crippen LogP contribution < -0.4 is 4.90 Å². The molecule has 20 heavy (non-hydrogen) atoms. The molecule has 0 fully saturated rings. The van der Waals surface area contributed by atoms with E-state index >= 15 is 0 Å². The van der Waals surface area contributed by atoms with Crippen molar-refractivity contribution in [2.75, 3.05) is 11.4 Å². The third kappa shape index (κ3) is 2.40. The van der Waals surface area contributed by atoms with Crippen LogP contribution in [0.5, 0.6) is 0 Å². The van der Waals surface area contributed by atoms with E-state index in [0.717, 1.165) is 19.4 Å². The highest BCUT2D eigenvalue weighted by molar-refractivity contribution is 5.57. The van der Waals surface area contributed by atoms with Crippen LogP contribution in [0.1, 0.15) is 30.0 Å². The Hall–Kier alpha value is -2.27. The summed E-state index contributed by atoms with van der Waals surface area (Å²) in [5.41, 5.74) is 3.92. The Morgan fingerprint density at radius 2 is 1.80 bits per heavy atom. The molecule has 2 aromatic carbocycles. The van der Waals surface area contributed by atoms with Crippen LogP contribution in [0, 0.1) is 11.3 Å². The first-order chi connectivity index (χ1) is 9.90. The zero-order valence-corrected chi connectivity index (χ0v) is 11.5. The maximum absolute atomic E-state index is 9.20. The number of anilines is 1. The predicted molar refractivity (Wildman–Crippen MR) is 81.5 cm³/mol. The summed E-state index contributed by atoms with van der Waals surface area (Å²) in [6.07, 6.45) is 2.82. The summed E-state index contributed by atoms with van der Waals surface area (Å²) in [7, 11) is 0. The smallest absolute Gasteiger partial charge is 0.0672 e. The molecule has 0 radical (unpaired) electrons. The number of benzene rings is 2. The second kappa shape index (κ2) is 5.79. The summed E-state index contributed by atoms with van der Waals surface area (Å²) < 4.78 is 0. The second-order valence-corrected chi connectivity index (χ2v) is 5.21. The highest BCUT2D eigenvalue weighted by Gasteiger charge is 2.24. The number of hydrogen-bond donors (Lipinski definition) is 0. The van der Waals surface area contributed by atoms with Crippen molar-refractivity contribution in [2.45, 2.75) is 25.3 Å². The van der Waals surface area contributed by atoms with Gasteiger partial charge < -0.3 is 4.90 Å². The van der Waals surface area contributed by atoms with Gasteiger partial charge in [-0.05, 0) is 30.0 Å². The molecule has 3 rings (SSSR count). The van der Waals surface area contributed by atoms with Gasteiger partial charge in [-0.2, -0.15) is 5.26 Å². The van der Waals surface area contributed by atoms with E-state index in [1.165, 1.54) is 16.8 Å². The van der Waals surface area contributed by atoms with Crippen molar-refractivity contribution in [1.29, 1.82) is 5.26 Å². The van der Waals surface area contributed by atoms with Gasteiger partial charge in [-0.15, -0.1) is 0 Å². The van der Waals surface area contributed by atoms with E-state index in [2.05, 4.69) is 59.5 Å². The topological polar surface area (TPSA) is 27.0 Å². The predicted octanol–water partition coefficient (Wildman–Crippen LogP) is 4.09. The van der Waals surface area contributed by atoms with Gasteiger partial charge in [0.25, 0.3) is 0 Å². The number of aryl methyl sites for hydroxylation is 1. The maximum atomic E-state index is 9.20. The Balaban J connectivity index is 2.00. The van der Waals surface area contributed by atoms with Gasteiger partial charge in [-0.25, -0.2) is 0 Å². The van der Waals surface area contributed by atoms with Crippen molar-refractivity contribution in [2.24, 2.45) is 0 Å². The fourth-order valence-corrected chi connectivity index (χ4v) is 3.06. The largest absolute Gasteiger partial charge is 0.363 e. The van der Waals surface area contributed by atoms with E-state index in [1.54, 1.807) is 0 Å². The highest BCUT2D eigenvalue weighted by Crippen LogP contribution is 2.35. The SMILES string of the molecule is N#CCC(c1ccccc1)N1CCCc2ccccc21. The molecule has 1 atom stereocenters. The number of nitriles is 1. The summed E-state index contributed by atoms with van der Waals surface area (Å²) in [4.78, 5) is 2.40. The first-order valence-electron chi connectivity index (χ1n) is 7.16. The van der Waals surface area contributed by atoms with E-state index in [-0.39, 0.29) is 6.04 Å². The minimum atomic E-state index is 0.155. The lowest BCUT2D eigenvalue weighted by Gasteiger charge is -2.37. The molecule has 1 unspecified atom stereocenters. The van der Waals surface area contributed by atoms with E-state index < -0.39 is 0 Å². The van der Waals surface area contributed by atoms with Crippen LogP contribution in [-0.4, -0.2) is 6.54 Å². The molecule has 0 bridgehead atoms. The third-order valence-electron chi connectivity index (χ3n) is 3.99. The molecule has 0 N–H and O–H groups in total. The zero-order valence-electron chi connectivity index (χ0n) is 11.5. The molecule has 2 nitrogen and oxygen atoms in total. The Morgan fingerprint density at radius 1 is 1.05 bits per heavy atom. The Kier molecular flexibility index (Phi) is 3.69. The molecule has 0 saturated carbocycles. The molecule has 0 spiro atoms. The van der Waals surface area contributed by atoms with E-state index in [9.17, 15) is 5.26 Å². The maximum Gasteiger partial charge on any atom is 0.0672 e. The van der Waals surface area contributed by atoms with Gasteiger partial charge in [0.1, 0.15) is 0 Å². The molecule has 0 saturated heterocycles. The molecule has 100 valence electrons. The molecule has 1 heterocycles. The Bertz CT molecular complexity index is 613. The summed E-state index contributed by atoms with van der Waals surface area (Å²) >= 11 is 0. The van der Waals surface area contributed by atoms with Crippen molar-refractivity contribution in [1.82, 2.24) is 0 Å². The summed E-state index contributed by atoms with van der Waals surface area (Å²) in [6.45, 7) is 1.03. The quantitative estimate of drug-likeness (QED) is 0.833. The van der Waals surface area contributed by atoms with Crippen molar-refractivity contribution >= 4 is 5.69 Å². The van der Waals surface area contributed by atoms with Crippen molar-refractivity contribution in [3.63, 3.8) is 0 Å². The molecular weight excluding hydrogens is 244 g/mol. The van der Waals surface area contributed by atoms with Gasteiger partial charge in [0, 0.05) is 12.2 Å².